The Labute approximate surface area is 121 Å². The maximum atomic E-state index is 12.7. The predicted octanol–water partition coefficient (Wildman–Crippen LogP) is 2.17. The minimum atomic E-state index is -3.45. The van der Waals surface area contributed by atoms with Crippen molar-refractivity contribution in [3.63, 3.8) is 0 Å². The minimum Gasteiger partial charge on any atom is -0.323 e. The fourth-order valence-corrected chi connectivity index (χ4v) is 4.42. The first-order valence-corrected chi connectivity index (χ1v) is 8.59. The number of hydrogen-bond acceptors (Lipinski definition) is 4. The lowest BCUT2D eigenvalue weighted by atomic mass is 9.94. The molecule has 1 saturated heterocycles. The van der Waals surface area contributed by atoms with Crippen molar-refractivity contribution >= 4 is 15.7 Å². The summed E-state index contributed by atoms with van der Waals surface area (Å²) >= 11 is 0. The van der Waals surface area contributed by atoms with Gasteiger partial charge in [-0.3, -0.25) is 5.84 Å². The van der Waals surface area contributed by atoms with Crippen LogP contribution in [0.3, 0.4) is 0 Å². The van der Waals surface area contributed by atoms with E-state index in [9.17, 15) is 8.42 Å². The van der Waals surface area contributed by atoms with Gasteiger partial charge in [-0.25, -0.2) is 8.42 Å². The van der Waals surface area contributed by atoms with Crippen LogP contribution in [0.2, 0.25) is 0 Å². The van der Waals surface area contributed by atoms with Gasteiger partial charge in [-0.1, -0.05) is 31.9 Å². The Morgan fingerprint density at radius 1 is 1.30 bits per heavy atom. The number of nitrogens with two attached hydrogens (primary N) is 1. The summed E-state index contributed by atoms with van der Waals surface area (Å²) in [7, 11) is -3.45. The van der Waals surface area contributed by atoms with E-state index in [1.54, 1.807) is 28.6 Å². The van der Waals surface area contributed by atoms with Gasteiger partial charge in [0.1, 0.15) is 4.90 Å². The zero-order valence-corrected chi connectivity index (χ0v) is 12.7. The second-order valence-electron chi connectivity index (χ2n) is 5.28. The van der Waals surface area contributed by atoms with Crippen LogP contribution in [0.25, 0.3) is 0 Å². The number of hydrazine groups is 1. The van der Waals surface area contributed by atoms with E-state index in [0.717, 1.165) is 19.3 Å². The van der Waals surface area contributed by atoms with Gasteiger partial charge < -0.3 is 5.43 Å². The molecule has 0 radical (unpaired) electrons. The minimum absolute atomic E-state index is 0.261. The molecule has 0 bridgehead atoms. The fourth-order valence-electron chi connectivity index (χ4n) is 2.80. The summed E-state index contributed by atoms with van der Waals surface area (Å²) in [4.78, 5) is 0.261. The van der Waals surface area contributed by atoms with Crippen LogP contribution in [0.15, 0.2) is 29.2 Å². The molecule has 1 aliphatic rings. The first-order valence-electron chi connectivity index (χ1n) is 7.15. The number of anilines is 1. The number of para-hydroxylation sites is 1. The van der Waals surface area contributed by atoms with Crippen LogP contribution >= 0.6 is 0 Å². The molecule has 0 aliphatic carbocycles. The number of benzene rings is 1. The summed E-state index contributed by atoms with van der Waals surface area (Å²) in [5, 5.41) is 0. The number of sulfonamides is 1. The highest BCUT2D eigenvalue weighted by Gasteiger charge is 2.30. The second-order valence-corrected chi connectivity index (χ2v) is 7.18. The Bertz CT molecular complexity index is 537. The summed E-state index contributed by atoms with van der Waals surface area (Å²) in [6, 6.07) is 6.76. The molecule has 3 N–H and O–H groups in total. The largest absolute Gasteiger partial charge is 0.323 e. The number of nitrogens with one attached hydrogen (secondary N) is 1. The normalized spacial score (nSPS) is 18.1. The second kappa shape index (κ2) is 6.56. The van der Waals surface area contributed by atoms with Gasteiger partial charge in [0, 0.05) is 13.1 Å². The van der Waals surface area contributed by atoms with Crippen molar-refractivity contribution in [3.05, 3.63) is 24.3 Å². The van der Waals surface area contributed by atoms with Crippen LogP contribution in [0.5, 0.6) is 0 Å². The monoisotopic (exact) mass is 297 g/mol. The summed E-state index contributed by atoms with van der Waals surface area (Å²) in [5.41, 5.74) is 2.91. The molecule has 0 saturated carbocycles. The molecule has 0 amide bonds. The van der Waals surface area contributed by atoms with Gasteiger partial charge in [-0.05, 0) is 30.9 Å². The Balaban J connectivity index is 2.16. The SMILES string of the molecule is CCCC1CCN(S(=O)(=O)c2ccccc2NN)CC1. The summed E-state index contributed by atoms with van der Waals surface area (Å²) in [6.45, 7) is 3.38. The average molecular weight is 297 g/mol. The number of hydrogen-bond donors (Lipinski definition) is 2. The molecular formula is C14H23N3O2S. The highest BCUT2D eigenvalue weighted by atomic mass is 32.2. The van der Waals surface area contributed by atoms with E-state index in [1.165, 1.54) is 6.42 Å². The van der Waals surface area contributed by atoms with Crippen molar-refractivity contribution in [2.45, 2.75) is 37.5 Å². The maximum absolute atomic E-state index is 12.7. The third kappa shape index (κ3) is 3.13. The molecule has 1 aromatic rings. The lowest BCUT2D eigenvalue weighted by Crippen LogP contribution is -2.38. The van der Waals surface area contributed by atoms with Gasteiger partial charge in [0.25, 0.3) is 0 Å². The van der Waals surface area contributed by atoms with Crippen LogP contribution < -0.4 is 11.3 Å². The third-order valence-corrected chi connectivity index (χ3v) is 5.89. The summed E-state index contributed by atoms with van der Waals surface area (Å²) < 4.78 is 26.9. The van der Waals surface area contributed by atoms with Crippen molar-refractivity contribution in [1.82, 2.24) is 4.31 Å². The van der Waals surface area contributed by atoms with Crippen LogP contribution in [-0.2, 0) is 10.0 Å². The molecule has 112 valence electrons. The molecule has 0 unspecified atom stereocenters. The molecule has 1 aromatic carbocycles. The van der Waals surface area contributed by atoms with Gasteiger partial charge in [0.15, 0.2) is 0 Å². The maximum Gasteiger partial charge on any atom is 0.245 e. The van der Waals surface area contributed by atoms with E-state index in [4.69, 9.17) is 5.84 Å². The summed E-state index contributed by atoms with van der Waals surface area (Å²) in [6.07, 6.45) is 4.25. The van der Waals surface area contributed by atoms with E-state index < -0.39 is 10.0 Å². The number of rotatable bonds is 5. The topological polar surface area (TPSA) is 75.4 Å². The zero-order chi connectivity index (χ0) is 14.6. The highest BCUT2D eigenvalue weighted by molar-refractivity contribution is 7.89. The van der Waals surface area contributed by atoms with E-state index in [1.807, 2.05) is 0 Å². The molecular weight excluding hydrogens is 274 g/mol. The highest BCUT2D eigenvalue weighted by Crippen LogP contribution is 2.29. The quantitative estimate of drug-likeness (QED) is 0.645. The first-order chi connectivity index (χ1) is 9.59. The Morgan fingerprint density at radius 3 is 2.55 bits per heavy atom. The van der Waals surface area contributed by atoms with Crippen molar-refractivity contribution in [2.24, 2.45) is 11.8 Å². The first kappa shape index (κ1) is 15.3. The summed E-state index contributed by atoms with van der Waals surface area (Å²) in [5.74, 6) is 6.07. The van der Waals surface area contributed by atoms with Crippen molar-refractivity contribution in [3.8, 4) is 0 Å². The van der Waals surface area contributed by atoms with E-state index in [-0.39, 0.29) is 4.90 Å². The molecule has 1 fully saturated rings. The fraction of sp³-hybridized carbons (Fsp3) is 0.571. The van der Waals surface area contributed by atoms with Gasteiger partial charge in [-0.15, -0.1) is 0 Å². The van der Waals surface area contributed by atoms with E-state index >= 15 is 0 Å². The Hall–Kier alpha value is -1.11. The van der Waals surface area contributed by atoms with Gasteiger partial charge in [-0.2, -0.15) is 4.31 Å². The molecule has 0 spiro atoms. The Morgan fingerprint density at radius 2 is 1.95 bits per heavy atom. The number of piperidine rings is 1. The van der Waals surface area contributed by atoms with Gasteiger partial charge in [0.2, 0.25) is 10.0 Å². The lowest BCUT2D eigenvalue weighted by molar-refractivity contribution is 0.262. The molecule has 1 heterocycles. The molecule has 1 aliphatic heterocycles. The molecule has 5 nitrogen and oxygen atoms in total. The molecule has 0 atom stereocenters. The standard InChI is InChI=1S/C14H23N3O2S/c1-2-5-12-8-10-17(11-9-12)20(18,19)14-7-4-3-6-13(14)16-15/h3-4,6-7,12,16H,2,5,8-11,15H2,1H3. The zero-order valence-electron chi connectivity index (χ0n) is 11.9. The molecule has 20 heavy (non-hydrogen) atoms. The van der Waals surface area contributed by atoms with Crippen LogP contribution in [0, 0.1) is 5.92 Å². The van der Waals surface area contributed by atoms with Crippen molar-refractivity contribution in [2.75, 3.05) is 18.5 Å². The van der Waals surface area contributed by atoms with Crippen molar-refractivity contribution < 1.29 is 8.42 Å². The lowest BCUT2D eigenvalue weighted by Gasteiger charge is -2.31. The Kier molecular flexibility index (Phi) is 5.01. The van der Waals surface area contributed by atoms with Crippen LogP contribution in [-0.4, -0.2) is 25.8 Å². The van der Waals surface area contributed by atoms with Crippen LogP contribution in [0.4, 0.5) is 5.69 Å². The van der Waals surface area contributed by atoms with Crippen molar-refractivity contribution in [1.29, 1.82) is 0 Å². The van der Waals surface area contributed by atoms with Crippen LogP contribution in [0.1, 0.15) is 32.6 Å². The predicted molar refractivity (Wildman–Crippen MR) is 80.6 cm³/mol. The average Bonchev–Trinajstić information content (AvgIpc) is 2.48. The molecule has 2 rings (SSSR count). The smallest absolute Gasteiger partial charge is 0.245 e. The van der Waals surface area contributed by atoms with E-state index in [2.05, 4.69) is 12.3 Å². The number of nitrogens with zero attached hydrogens (tertiary/aromatic N) is 1. The van der Waals surface area contributed by atoms with Gasteiger partial charge in [0.05, 0.1) is 5.69 Å². The van der Waals surface area contributed by atoms with Gasteiger partial charge >= 0.3 is 0 Å². The molecule has 0 aromatic heterocycles. The number of nitrogen functional groups attached to an aromatic ring is 1. The van der Waals surface area contributed by atoms with E-state index in [0.29, 0.717) is 24.7 Å². The molecule has 6 heteroatoms. The third-order valence-electron chi connectivity index (χ3n) is 3.93.